The molecule has 0 aliphatic carbocycles. The number of sulfonamides is 1. The summed E-state index contributed by atoms with van der Waals surface area (Å²) in [5.74, 6) is -0.488. The van der Waals surface area contributed by atoms with Crippen molar-refractivity contribution in [2.45, 2.75) is 24.7 Å². The van der Waals surface area contributed by atoms with E-state index in [9.17, 15) is 12.8 Å². The lowest BCUT2D eigenvalue weighted by molar-refractivity contribution is 0.590. The van der Waals surface area contributed by atoms with Gasteiger partial charge in [0, 0.05) is 6.54 Å². The molecule has 0 aliphatic heterocycles. The van der Waals surface area contributed by atoms with Crippen LogP contribution in [0.2, 0.25) is 0 Å². The van der Waals surface area contributed by atoms with Gasteiger partial charge in [0.15, 0.2) is 5.11 Å². The molecule has 0 saturated carbocycles. The van der Waals surface area contributed by atoms with E-state index in [0.29, 0.717) is 6.54 Å². The average molecular weight is 290 g/mol. The summed E-state index contributed by atoms with van der Waals surface area (Å²) in [4.78, 5) is -0.0245. The van der Waals surface area contributed by atoms with E-state index < -0.39 is 15.8 Å². The van der Waals surface area contributed by atoms with Crippen LogP contribution >= 0.6 is 12.2 Å². The summed E-state index contributed by atoms with van der Waals surface area (Å²) in [7, 11) is -3.73. The lowest BCUT2D eigenvalue weighted by Gasteiger charge is -2.10. The summed E-state index contributed by atoms with van der Waals surface area (Å²) < 4.78 is 38.6. The maximum Gasteiger partial charge on any atom is 0.263 e. The first-order valence-electron chi connectivity index (χ1n) is 5.52. The summed E-state index contributed by atoms with van der Waals surface area (Å²) in [6.45, 7) is 2.63. The molecular formula is C11H15FN2O2S2. The number of thiocarbonyl (C=S) groups is 1. The second-order valence-electron chi connectivity index (χ2n) is 3.67. The molecule has 4 nitrogen and oxygen atoms in total. The number of halogens is 1. The van der Waals surface area contributed by atoms with Crippen LogP contribution < -0.4 is 10.0 Å². The summed E-state index contributed by atoms with van der Waals surface area (Å²) in [5, 5.41) is 2.84. The Morgan fingerprint density at radius 2 is 1.94 bits per heavy atom. The summed E-state index contributed by atoms with van der Waals surface area (Å²) >= 11 is 4.87. The van der Waals surface area contributed by atoms with Gasteiger partial charge in [0.05, 0.1) is 4.90 Å². The number of benzene rings is 1. The normalized spacial score (nSPS) is 11.0. The van der Waals surface area contributed by atoms with Crippen LogP contribution in [0.1, 0.15) is 19.8 Å². The molecule has 1 aromatic carbocycles. The molecule has 18 heavy (non-hydrogen) atoms. The molecule has 2 N–H and O–H groups in total. The van der Waals surface area contributed by atoms with Gasteiger partial charge < -0.3 is 5.32 Å². The Hall–Kier alpha value is -1.21. The molecule has 0 aromatic heterocycles. The first-order chi connectivity index (χ1) is 8.45. The molecular weight excluding hydrogens is 275 g/mol. The zero-order valence-electron chi connectivity index (χ0n) is 9.94. The third kappa shape index (κ3) is 4.58. The Morgan fingerprint density at radius 3 is 2.50 bits per heavy atom. The molecule has 1 rings (SSSR count). The van der Waals surface area contributed by atoms with Gasteiger partial charge in [-0.1, -0.05) is 13.3 Å². The Balaban J connectivity index is 2.64. The van der Waals surface area contributed by atoms with E-state index in [1.54, 1.807) is 0 Å². The van der Waals surface area contributed by atoms with Gasteiger partial charge in [-0.3, -0.25) is 4.72 Å². The molecule has 0 unspecified atom stereocenters. The molecule has 0 aliphatic rings. The number of unbranched alkanes of at least 4 members (excludes halogenated alkanes) is 1. The van der Waals surface area contributed by atoms with E-state index >= 15 is 0 Å². The van der Waals surface area contributed by atoms with Crippen LogP contribution in [0.15, 0.2) is 29.2 Å². The van der Waals surface area contributed by atoms with E-state index in [4.69, 9.17) is 12.2 Å². The van der Waals surface area contributed by atoms with Crippen molar-refractivity contribution in [1.29, 1.82) is 0 Å². The van der Waals surface area contributed by atoms with Crippen molar-refractivity contribution < 1.29 is 12.8 Å². The van der Waals surface area contributed by atoms with Crippen molar-refractivity contribution in [1.82, 2.24) is 10.0 Å². The average Bonchev–Trinajstić information content (AvgIpc) is 2.29. The van der Waals surface area contributed by atoms with Crippen LogP contribution in [0.25, 0.3) is 0 Å². The smallest absolute Gasteiger partial charge is 0.263 e. The molecule has 100 valence electrons. The SMILES string of the molecule is CCCCNC(=S)NS(=O)(=O)c1ccc(F)cc1. The number of rotatable bonds is 5. The van der Waals surface area contributed by atoms with Crippen LogP contribution in [0.4, 0.5) is 4.39 Å². The van der Waals surface area contributed by atoms with Crippen molar-refractivity contribution in [3.8, 4) is 0 Å². The lowest BCUT2D eigenvalue weighted by Crippen LogP contribution is -2.39. The van der Waals surface area contributed by atoms with Crippen molar-refractivity contribution in [3.05, 3.63) is 30.1 Å². The number of nitrogens with one attached hydrogen (secondary N) is 2. The second kappa shape index (κ2) is 6.65. The largest absolute Gasteiger partial charge is 0.362 e. The molecule has 1 aromatic rings. The van der Waals surface area contributed by atoms with E-state index in [-0.39, 0.29) is 10.0 Å². The van der Waals surface area contributed by atoms with Gasteiger partial charge in [0.2, 0.25) is 0 Å². The van der Waals surface area contributed by atoms with Crippen molar-refractivity contribution in [3.63, 3.8) is 0 Å². The lowest BCUT2D eigenvalue weighted by atomic mass is 10.3. The first-order valence-corrected chi connectivity index (χ1v) is 7.41. The standard InChI is InChI=1S/C11H15FN2O2S2/c1-2-3-8-13-11(17)14-18(15,16)10-6-4-9(12)5-7-10/h4-7H,2-3,8H2,1H3,(H2,13,14,17). The van der Waals surface area contributed by atoms with Crippen LogP contribution in [0.3, 0.4) is 0 Å². The highest BCUT2D eigenvalue weighted by Gasteiger charge is 2.15. The van der Waals surface area contributed by atoms with Gasteiger partial charge in [-0.25, -0.2) is 12.8 Å². The quantitative estimate of drug-likeness (QED) is 0.641. The van der Waals surface area contributed by atoms with Gasteiger partial charge in [0.1, 0.15) is 5.82 Å². The predicted octanol–water partition coefficient (Wildman–Crippen LogP) is 1.78. The van der Waals surface area contributed by atoms with Gasteiger partial charge in [-0.05, 0) is 42.9 Å². The Kier molecular flexibility index (Phi) is 5.49. The zero-order valence-corrected chi connectivity index (χ0v) is 11.6. The van der Waals surface area contributed by atoms with Gasteiger partial charge >= 0.3 is 0 Å². The van der Waals surface area contributed by atoms with Gasteiger partial charge in [0.25, 0.3) is 10.0 Å². The fraction of sp³-hybridized carbons (Fsp3) is 0.364. The monoisotopic (exact) mass is 290 g/mol. The summed E-state index contributed by atoms with van der Waals surface area (Å²) in [6, 6.07) is 4.54. The van der Waals surface area contributed by atoms with Gasteiger partial charge in [-0.2, -0.15) is 0 Å². The molecule has 0 atom stereocenters. The van der Waals surface area contributed by atoms with Crippen LogP contribution in [-0.4, -0.2) is 20.1 Å². The minimum atomic E-state index is -3.73. The highest BCUT2D eigenvalue weighted by atomic mass is 32.2. The van der Waals surface area contributed by atoms with Crippen LogP contribution in [0, 0.1) is 5.82 Å². The summed E-state index contributed by atoms with van der Waals surface area (Å²) in [5.41, 5.74) is 0. The second-order valence-corrected chi connectivity index (χ2v) is 5.76. The van der Waals surface area contributed by atoms with Crippen molar-refractivity contribution >= 4 is 27.4 Å². The molecule has 0 spiro atoms. The Morgan fingerprint density at radius 1 is 1.33 bits per heavy atom. The maximum atomic E-state index is 12.7. The van der Waals surface area contributed by atoms with E-state index in [0.717, 1.165) is 25.0 Å². The molecule has 7 heteroatoms. The van der Waals surface area contributed by atoms with Gasteiger partial charge in [-0.15, -0.1) is 0 Å². The van der Waals surface area contributed by atoms with E-state index in [2.05, 4.69) is 10.0 Å². The third-order valence-corrected chi connectivity index (χ3v) is 3.91. The highest BCUT2D eigenvalue weighted by Crippen LogP contribution is 2.09. The highest BCUT2D eigenvalue weighted by molar-refractivity contribution is 7.91. The predicted molar refractivity (Wildman–Crippen MR) is 72.2 cm³/mol. The number of hydrogen-bond donors (Lipinski definition) is 2. The molecule has 0 saturated heterocycles. The first kappa shape index (κ1) is 14.8. The van der Waals surface area contributed by atoms with Crippen molar-refractivity contribution in [2.24, 2.45) is 0 Å². The third-order valence-electron chi connectivity index (χ3n) is 2.17. The van der Waals surface area contributed by atoms with Crippen molar-refractivity contribution in [2.75, 3.05) is 6.54 Å². The molecule has 0 bridgehead atoms. The summed E-state index contributed by atoms with van der Waals surface area (Å²) in [6.07, 6.45) is 1.89. The van der Waals surface area contributed by atoms with E-state index in [1.165, 1.54) is 12.1 Å². The molecule has 0 radical (unpaired) electrons. The molecule has 0 amide bonds. The molecule has 0 heterocycles. The maximum absolute atomic E-state index is 12.7. The Labute approximate surface area is 112 Å². The minimum absolute atomic E-state index is 0.0245. The fourth-order valence-corrected chi connectivity index (χ4v) is 2.57. The topological polar surface area (TPSA) is 58.2 Å². The van der Waals surface area contributed by atoms with Crippen LogP contribution in [0.5, 0.6) is 0 Å². The molecule has 0 fully saturated rings. The number of hydrogen-bond acceptors (Lipinski definition) is 3. The van der Waals surface area contributed by atoms with E-state index in [1.807, 2.05) is 6.92 Å². The zero-order chi connectivity index (χ0) is 13.6. The fourth-order valence-electron chi connectivity index (χ4n) is 1.21. The van der Waals surface area contributed by atoms with Crippen LogP contribution in [-0.2, 0) is 10.0 Å². The Bertz CT molecular complexity index is 500. The minimum Gasteiger partial charge on any atom is -0.362 e.